The molecule has 130 valence electrons. The summed E-state index contributed by atoms with van der Waals surface area (Å²) < 4.78 is 12.9. The Hall–Kier alpha value is -2.96. The van der Waals surface area contributed by atoms with Crippen molar-refractivity contribution in [1.29, 1.82) is 0 Å². The number of aromatic carboxylic acids is 1. The monoisotopic (exact) mass is 343 g/mol. The van der Waals surface area contributed by atoms with E-state index in [-0.39, 0.29) is 23.8 Å². The first-order chi connectivity index (χ1) is 12.0. The van der Waals surface area contributed by atoms with Crippen LogP contribution in [0.25, 0.3) is 0 Å². The van der Waals surface area contributed by atoms with E-state index >= 15 is 0 Å². The standard InChI is InChI=1S/C18H18FN3O3/c19-14-3-1-13(2-4-14)11-17(23)22-9-7-21(8-10-22)15-5-6-16(18(24)25)20-12-15/h1-6,12H,7-11H2,(H,24,25). The second-order valence-electron chi connectivity index (χ2n) is 5.88. The smallest absolute Gasteiger partial charge is 0.354 e. The number of carbonyl (C=O) groups excluding carboxylic acids is 1. The van der Waals surface area contributed by atoms with E-state index in [4.69, 9.17) is 5.11 Å². The third-order valence-electron chi connectivity index (χ3n) is 4.23. The molecule has 0 radical (unpaired) electrons. The first-order valence-electron chi connectivity index (χ1n) is 7.99. The number of piperazine rings is 1. The second-order valence-corrected chi connectivity index (χ2v) is 5.88. The number of carboxylic acids is 1. The number of hydrogen-bond acceptors (Lipinski definition) is 4. The molecule has 25 heavy (non-hydrogen) atoms. The highest BCUT2D eigenvalue weighted by molar-refractivity contribution is 5.85. The van der Waals surface area contributed by atoms with E-state index in [1.54, 1.807) is 29.3 Å². The molecule has 0 aliphatic carbocycles. The van der Waals surface area contributed by atoms with Crippen LogP contribution >= 0.6 is 0 Å². The molecule has 1 saturated heterocycles. The van der Waals surface area contributed by atoms with E-state index in [1.807, 2.05) is 0 Å². The fraction of sp³-hybridized carbons (Fsp3) is 0.278. The van der Waals surface area contributed by atoms with Crippen LogP contribution in [0.5, 0.6) is 0 Å². The number of rotatable bonds is 4. The molecule has 1 aliphatic heterocycles. The van der Waals surface area contributed by atoms with Crippen molar-refractivity contribution in [2.45, 2.75) is 6.42 Å². The average molecular weight is 343 g/mol. The molecule has 0 bridgehead atoms. The minimum absolute atomic E-state index is 0.0110. The van der Waals surface area contributed by atoms with Crippen molar-refractivity contribution in [3.8, 4) is 0 Å². The molecule has 3 rings (SSSR count). The predicted molar refractivity (Wildman–Crippen MR) is 90.1 cm³/mol. The van der Waals surface area contributed by atoms with Gasteiger partial charge in [-0.15, -0.1) is 0 Å². The van der Waals surface area contributed by atoms with Crippen LogP contribution in [0.4, 0.5) is 10.1 Å². The number of carbonyl (C=O) groups is 2. The van der Waals surface area contributed by atoms with Crippen LogP contribution < -0.4 is 4.90 Å². The summed E-state index contributed by atoms with van der Waals surface area (Å²) in [6.07, 6.45) is 1.80. The summed E-state index contributed by atoms with van der Waals surface area (Å²) in [4.78, 5) is 31.0. The van der Waals surface area contributed by atoms with E-state index in [0.29, 0.717) is 26.2 Å². The molecule has 1 amide bonds. The highest BCUT2D eigenvalue weighted by Crippen LogP contribution is 2.16. The number of halogens is 1. The van der Waals surface area contributed by atoms with Crippen molar-refractivity contribution >= 4 is 17.6 Å². The molecule has 0 unspecified atom stereocenters. The lowest BCUT2D eigenvalue weighted by atomic mass is 10.1. The van der Waals surface area contributed by atoms with Gasteiger partial charge in [-0.1, -0.05) is 12.1 Å². The Kier molecular flexibility index (Phi) is 4.92. The normalized spacial score (nSPS) is 14.4. The van der Waals surface area contributed by atoms with Gasteiger partial charge in [-0.3, -0.25) is 4.79 Å². The summed E-state index contributed by atoms with van der Waals surface area (Å²) in [5, 5.41) is 8.88. The fourth-order valence-corrected chi connectivity index (χ4v) is 2.80. The zero-order valence-corrected chi connectivity index (χ0v) is 13.6. The molecule has 1 fully saturated rings. The van der Waals surface area contributed by atoms with Crippen LogP contribution in [0.3, 0.4) is 0 Å². The number of anilines is 1. The predicted octanol–water partition coefficient (Wildman–Crippen LogP) is 1.81. The van der Waals surface area contributed by atoms with Crippen molar-refractivity contribution < 1.29 is 19.1 Å². The van der Waals surface area contributed by atoms with E-state index in [2.05, 4.69) is 9.88 Å². The molecule has 1 aliphatic rings. The van der Waals surface area contributed by atoms with Crippen LogP contribution in [0.2, 0.25) is 0 Å². The molecule has 1 aromatic carbocycles. The number of aromatic nitrogens is 1. The fourth-order valence-electron chi connectivity index (χ4n) is 2.80. The van der Waals surface area contributed by atoms with Crippen LogP contribution in [0, 0.1) is 5.82 Å². The lowest BCUT2D eigenvalue weighted by Crippen LogP contribution is -2.49. The maximum Gasteiger partial charge on any atom is 0.354 e. The van der Waals surface area contributed by atoms with E-state index < -0.39 is 5.97 Å². The minimum Gasteiger partial charge on any atom is -0.477 e. The molecule has 0 atom stereocenters. The molecule has 1 N–H and O–H groups in total. The van der Waals surface area contributed by atoms with Crippen LogP contribution in [0.15, 0.2) is 42.6 Å². The maximum atomic E-state index is 12.9. The molecule has 2 heterocycles. The Morgan fingerprint density at radius 2 is 1.72 bits per heavy atom. The summed E-state index contributed by atoms with van der Waals surface area (Å²) in [5.41, 5.74) is 1.65. The van der Waals surface area contributed by atoms with Crippen LogP contribution in [0.1, 0.15) is 16.1 Å². The minimum atomic E-state index is -1.05. The lowest BCUT2D eigenvalue weighted by molar-refractivity contribution is -0.130. The third-order valence-corrected chi connectivity index (χ3v) is 4.23. The summed E-state index contributed by atoms with van der Waals surface area (Å²) in [6.45, 7) is 2.48. The molecule has 6 nitrogen and oxygen atoms in total. The Bertz CT molecular complexity index is 754. The Morgan fingerprint density at radius 1 is 1.04 bits per heavy atom. The largest absolute Gasteiger partial charge is 0.477 e. The Balaban J connectivity index is 1.55. The number of pyridine rings is 1. The quantitative estimate of drug-likeness (QED) is 0.916. The zero-order valence-electron chi connectivity index (χ0n) is 13.6. The van der Waals surface area contributed by atoms with Gasteiger partial charge in [0.2, 0.25) is 5.91 Å². The SMILES string of the molecule is O=C(O)c1ccc(N2CCN(C(=O)Cc3ccc(F)cc3)CC2)cn1. The van der Waals surface area contributed by atoms with E-state index in [1.165, 1.54) is 18.2 Å². The van der Waals surface area contributed by atoms with Crippen molar-refractivity contribution in [3.63, 3.8) is 0 Å². The van der Waals surface area contributed by atoms with Gasteiger partial charge in [0.05, 0.1) is 18.3 Å². The lowest BCUT2D eigenvalue weighted by Gasteiger charge is -2.36. The van der Waals surface area contributed by atoms with Gasteiger partial charge >= 0.3 is 5.97 Å². The highest BCUT2D eigenvalue weighted by atomic mass is 19.1. The van der Waals surface area contributed by atoms with Gasteiger partial charge in [0.15, 0.2) is 0 Å². The molecular formula is C18H18FN3O3. The van der Waals surface area contributed by atoms with Gasteiger partial charge in [0, 0.05) is 26.2 Å². The summed E-state index contributed by atoms with van der Waals surface area (Å²) in [5.74, 6) is -1.35. The van der Waals surface area contributed by atoms with Crippen LogP contribution in [-0.2, 0) is 11.2 Å². The maximum absolute atomic E-state index is 12.9. The van der Waals surface area contributed by atoms with Gasteiger partial charge in [0.1, 0.15) is 11.5 Å². The number of benzene rings is 1. The molecule has 2 aromatic rings. The number of hydrogen-bond donors (Lipinski definition) is 1. The van der Waals surface area contributed by atoms with E-state index in [0.717, 1.165) is 11.3 Å². The molecule has 0 saturated carbocycles. The zero-order chi connectivity index (χ0) is 17.8. The molecule has 7 heteroatoms. The average Bonchev–Trinajstić information content (AvgIpc) is 2.64. The van der Waals surface area contributed by atoms with Gasteiger partial charge in [-0.05, 0) is 29.8 Å². The Morgan fingerprint density at radius 3 is 2.28 bits per heavy atom. The van der Waals surface area contributed by atoms with Crippen molar-refractivity contribution in [1.82, 2.24) is 9.88 Å². The van der Waals surface area contributed by atoms with Crippen LogP contribution in [-0.4, -0.2) is 53.0 Å². The van der Waals surface area contributed by atoms with Gasteiger partial charge in [-0.2, -0.15) is 0 Å². The van der Waals surface area contributed by atoms with Gasteiger partial charge < -0.3 is 14.9 Å². The molecular weight excluding hydrogens is 325 g/mol. The second kappa shape index (κ2) is 7.29. The summed E-state index contributed by atoms with van der Waals surface area (Å²) in [6, 6.07) is 9.16. The third kappa shape index (κ3) is 4.12. The number of carboxylic acid groups (broad SMARTS) is 1. The topological polar surface area (TPSA) is 73.7 Å². The van der Waals surface area contributed by atoms with Crippen molar-refractivity contribution in [2.75, 3.05) is 31.1 Å². The van der Waals surface area contributed by atoms with Gasteiger partial charge in [-0.25, -0.2) is 14.2 Å². The number of nitrogens with zero attached hydrogens (tertiary/aromatic N) is 3. The van der Waals surface area contributed by atoms with Crippen molar-refractivity contribution in [3.05, 3.63) is 59.7 Å². The first-order valence-corrected chi connectivity index (χ1v) is 7.99. The molecule has 0 spiro atoms. The van der Waals surface area contributed by atoms with Crippen molar-refractivity contribution in [2.24, 2.45) is 0 Å². The number of amides is 1. The van der Waals surface area contributed by atoms with Gasteiger partial charge in [0.25, 0.3) is 0 Å². The summed E-state index contributed by atoms with van der Waals surface area (Å²) >= 11 is 0. The Labute approximate surface area is 144 Å². The highest BCUT2D eigenvalue weighted by Gasteiger charge is 2.21. The summed E-state index contributed by atoms with van der Waals surface area (Å²) in [7, 11) is 0. The van der Waals surface area contributed by atoms with E-state index in [9.17, 15) is 14.0 Å². The molecule has 1 aromatic heterocycles. The first kappa shape index (κ1) is 16.9.